The molecule has 2 N–H and O–H groups in total. The zero-order valence-electron chi connectivity index (χ0n) is 4.05. The maximum Gasteiger partial charge on any atom is 2.00 e. The van der Waals surface area contributed by atoms with Gasteiger partial charge < -0.3 is 33.7 Å². The van der Waals surface area contributed by atoms with Gasteiger partial charge in [0.15, 0.2) is 0 Å². The second-order valence-corrected chi connectivity index (χ2v) is 1.50. The molecule has 0 rings (SSSR count). The molecule has 0 aliphatic carbocycles. The fourth-order valence-corrected chi connectivity index (χ4v) is 0. The summed E-state index contributed by atoms with van der Waals surface area (Å²) in [5.41, 5.74) is 0. The van der Waals surface area contributed by atoms with E-state index in [4.69, 9.17) is 19.2 Å². The number of hydrogen-bond acceptors (Lipinski definition) is 4. The molecule has 0 saturated carbocycles. The summed E-state index contributed by atoms with van der Waals surface area (Å²) in [5.74, 6) is 0. The van der Waals surface area contributed by atoms with E-state index in [1.54, 1.807) is 0 Å². The van der Waals surface area contributed by atoms with Crippen LogP contribution in [0.5, 0.6) is 0 Å². The summed E-state index contributed by atoms with van der Waals surface area (Å²) in [6.07, 6.45) is 0. The van der Waals surface area contributed by atoms with Crippen LogP contribution in [0.3, 0.4) is 0 Å². The van der Waals surface area contributed by atoms with Crippen LogP contribution in [0.2, 0.25) is 0 Å². The van der Waals surface area contributed by atoms with E-state index in [9.17, 15) is 0 Å². The van der Waals surface area contributed by atoms with Crippen LogP contribution in [-0.4, -0.2) is 112 Å². The standard InChI is InChI=1S/2Ba.O4Si.H2O/c;;1-5(2,3)4;/h;;;1H2/q2*+2;-4;. The Morgan fingerprint density at radius 1 is 0.750 bits per heavy atom. The molecule has 0 heterocycles. The molecule has 0 radical (unpaired) electrons. The quantitative estimate of drug-likeness (QED) is 0.385. The zero-order chi connectivity index (χ0) is 4.50. The largest absolute Gasteiger partial charge is 2.00 e. The van der Waals surface area contributed by atoms with Gasteiger partial charge in [-0.25, -0.2) is 0 Å². The third-order valence-electron chi connectivity index (χ3n) is 0. The van der Waals surface area contributed by atoms with Gasteiger partial charge in [0.05, 0.1) is 0 Å². The van der Waals surface area contributed by atoms with Crippen LogP contribution in [-0.2, 0) is 0 Å². The average Bonchev–Trinajstić information content (AvgIpc) is 0.722. The van der Waals surface area contributed by atoms with Gasteiger partial charge in [0, 0.05) is 0 Å². The van der Waals surface area contributed by atoms with Crippen LogP contribution in [0.15, 0.2) is 0 Å². The van der Waals surface area contributed by atoms with Gasteiger partial charge in [0.2, 0.25) is 0 Å². The minimum atomic E-state index is -5.61. The van der Waals surface area contributed by atoms with Crippen molar-refractivity contribution in [1.29, 1.82) is 0 Å². The molecule has 0 unspecified atom stereocenters. The summed E-state index contributed by atoms with van der Waals surface area (Å²) in [6, 6.07) is 0. The molecule has 0 atom stereocenters. The van der Waals surface area contributed by atoms with Crippen molar-refractivity contribution in [3.63, 3.8) is 0 Å². The summed E-state index contributed by atoms with van der Waals surface area (Å²) in [7, 11) is -5.61. The molecule has 0 fully saturated rings. The molecule has 5 nitrogen and oxygen atoms in total. The molecule has 0 aromatic carbocycles. The fourth-order valence-electron chi connectivity index (χ4n) is 0. The molecular formula is H2Ba2O5Si. The van der Waals surface area contributed by atoms with Crippen molar-refractivity contribution in [2.45, 2.75) is 0 Å². The van der Waals surface area contributed by atoms with Crippen LogP contribution in [0.4, 0.5) is 0 Å². The van der Waals surface area contributed by atoms with E-state index in [0.29, 0.717) is 0 Å². The van der Waals surface area contributed by atoms with Crippen LogP contribution in [0.25, 0.3) is 0 Å². The van der Waals surface area contributed by atoms with E-state index in [2.05, 4.69) is 0 Å². The number of rotatable bonds is 0. The van der Waals surface area contributed by atoms with Crippen LogP contribution in [0, 0.1) is 0 Å². The molecule has 0 aromatic heterocycles. The molecule has 0 saturated heterocycles. The molecule has 8 heteroatoms. The van der Waals surface area contributed by atoms with Crippen molar-refractivity contribution in [2.75, 3.05) is 0 Å². The molecular weight excluding hydrogens is 383 g/mol. The first-order chi connectivity index (χ1) is 2.00. The van der Waals surface area contributed by atoms with Crippen molar-refractivity contribution in [3.8, 4) is 0 Å². The SMILES string of the molecule is O.[Ba+2].[Ba+2].[O-][Si]([O-])([O-])[O-]. The zero-order valence-corrected chi connectivity index (χ0v) is 13.9. The van der Waals surface area contributed by atoms with Crippen molar-refractivity contribution in [3.05, 3.63) is 0 Å². The van der Waals surface area contributed by atoms with Crippen molar-refractivity contribution in [2.24, 2.45) is 0 Å². The topological polar surface area (TPSA) is 124 Å². The Kier molecular flexibility index (Phi) is 28.5. The Bertz CT molecular complexity index is 25.9. The van der Waals surface area contributed by atoms with Gasteiger partial charge >= 0.3 is 97.8 Å². The normalized spacial score (nSPS) is 7.50. The van der Waals surface area contributed by atoms with Gasteiger partial charge in [-0.1, -0.05) is 0 Å². The van der Waals surface area contributed by atoms with Crippen LogP contribution in [0.1, 0.15) is 0 Å². The van der Waals surface area contributed by atoms with Crippen LogP contribution < -0.4 is 19.2 Å². The average molecular weight is 385 g/mol. The molecule has 0 aliphatic rings. The Morgan fingerprint density at radius 3 is 0.750 bits per heavy atom. The summed E-state index contributed by atoms with van der Waals surface area (Å²) >= 11 is 0. The van der Waals surface area contributed by atoms with E-state index in [0.717, 1.165) is 0 Å². The minimum Gasteiger partial charge on any atom is -0.894 e. The first-order valence-corrected chi connectivity index (χ1v) is 2.45. The maximum absolute atomic E-state index is 8.58. The fraction of sp³-hybridized carbons (Fsp3) is 0. The van der Waals surface area contributed by atoms with E-state index in [1.165, 1.54) is 0 Å². The Balaban J connectivity index is -0.0000000267. The third-order valence-corrected chi connectivity index (χ3v) is 0. The molecule has 0 aromatic rings. The summed E-state index contributed by atoms with van der Waals surface area (Å²) in [5, 5.41) is 0. The summed E-state index contributed by atoms with van der Waals surface area (Å²) in [6.45, 7) is 0. The van der Waals surface area contributed by atoms with Gasteiger partial charge in [0.25, 0.3) is 0 Å². The van der Waals surface area contributed by atoms with Crippen LogP contribution >= 0.6 is 0 Å². The van der Waals surface area contributed by atoms with E-state index >= 15 is 0 Å². The van der Waals surface area contributed by atoms with Gasteiger partial charge in [-0.05, 0) is 0 Å². The molecule has 0 bridgehead atoms. The first kappa shape index (κ1) is 22.5. The maximum atomic E-state index is 8.58. The first-order valence-electron chi connectivity index (χ1n) is 0.816. The summed E-state index contributed by atoms with van der Waals surface area (Å²) < 4.78 is 0. The second-order valence-electron chi connectivity index (χ2n) is 0.500. The Labute approximate surface area is 128 Å². The smallest absolute Gasteiger partial charge is 0.894 e. The predicted molar refractivity (Wildman–Crippen MR) is 20.9 cm³/mol. The molecule has 0 aliphatic heterocycles. The minimum absolute atomic E-state index is 0. The van der Waals surface area contributed by atoms with Gasteiger partial charge in [-0.2, -0.15) is 0 Å². The molecule has 8 heavy (non-hydrogen) atoms. The molecule has 0 spiro atoms. The van der Waals surface area contributed by atoms with E-state index in [-0.39, 0.29) is 103 Å². The monoisotopic (exact) mass is 386 g/mol. The molecule has 0 amide bonds. The molecule has 40 valence electrons. The number of hydrogen-bond donors (Lipinski definition) is 0. The third kappa shape index (κ3) is 61.1. The van der Waals surface area contributed by atoms with Crippen molar-refractivity contribution >= 4 is 107 Å². The van der Waals surface area contributed by atoms with Gasteiger partial charge in [-0.15, -0.1) is 0 Å². The summed E-state index contributed by atoms with van der Waals surface area (Å²) in [4.78, 5) is 34.3. The van der Waals surface area contributed by atoms with Gasteiger partial charge in [-0.3, -0.25) is 0 Å². The van der Waals surface area contributed by atoms with Gasteiger partial charge in [0.1, 0.15) is 0 Å². The van der Waals surface area contributed by atoms with E-state index in [1.807, 2.05) is 0 Å². The second kappa shape index (κ2) is 10.2. The Hall–Kier alpha value is 3.16. The predicted octanol–water partition coefficient (Wildman–Crippen LogP) is -6.72. The van der Waals surface area contributed by atoms with E-state index < -0.39 is 9.05 Å². The Morgan fingerprint density at radius 2 is 0.750 bits per heavy atom. The van der Waals surface area contributed by atoms with Crippen molar-refractivity contribution < 1.29 is 24.7 Å². The van der Waals surface area contributed by atoms with Crippen molar-refractivity contribution in [1.82, 2.24) is 0 Å².